The second kappa shape index (κ2) is 6.95. The summed E-state index contributed by atoms with van der Waals surface area (Å²) in [7, 11) is 0. The highest BCUT2D eigenvalue weighted by Gasteiger charge is 2.35. The van der Waals surface area contributed by atoms with Crippen LogP contribution in [-0.4, -0.2) is 17.6 Å². The van der Waals surface area contributed by atoms with E-state index in [-0.39, 0.29) is 12.5 Å². The fraction of sp³-hybridized carbons (Fsp3) is 0.118. The Kier molecular flexibility index (Phi) is 4.76. The van der Waals surface area contributed by atoms with E-state index in [0.717, 1.165) is 4.88 Å². The first-order valence-corrected chi connectivity index (χ1v) is 8.79. The molecule has 1 atom stereocenters. The number of furan rings is 1. The van der Waals surface area contributed by atoms with Gasteiger partial charge in [0.15, 0.2) is 5.60 Å². The van der Waals surface area contributed by atoms with Gasteiger partial charge < -0.3 is 14.8 Å². The van der Waals surface area contributed by atoms with E-state index in [1.54, 1.807) is 29.5 Å². The lowest BCUT2D eigenvalue weighted by molar-refractivity contribution is -0.117. The molecule has 0 aliphatic heterocycles. The maximum atomic E-state index is 12.0. The second-order valence-electron chi connectivity index (χ2n) is 4.92. The number of hydrogen-bond donors (Lipinski definition) is 2. The molecular formula is C17H15NO3S2. The minimum Gasteiger partial charge on any atom is -0.466 e. The SMILES string of the molecule is O=C(C=Cc1cccs1)NCC(O)(c1ccsc1)c1ccco1. The second-order valence-corrected chi connectivity index (χ2v) is 6.68. The molecule has 3 aromatic heterocycles. The van der Waals surface area contributed by atoms with Crippen LogP contribution in [0, 0.1) is 0 Å². The Morgan fingerprint density at radius 3 is 2.87 bits per heavy atom. The molecule has 0 saturated heterocycles. The number of thiophene rings is 2. The minimum absolute atomic E-state index is 0.0326. The smallest absolute Gasteiger partial charge is 0.244 e. The molecule has 0 fully saturated rings. The lowest BCUT2D eigenvalue weighted by Gasteiger charge is -2.25. The molecule has 0 aliphatic rings. The summed E-state index contributed by atoms with van der Waals surface area (Å²) in [5, 5.41) is 19.4. The van der Waals surface area contributed by atoms with Gasteiger partial charge in [-0.1, -0.05) is 6.07 Å². The highest BCUT2D eigenvalue weighted by Crippen LogP contribution is 2.30. The minimum atomic E-state index is -1.38. The van der Waals surface area contributed by atoms with Crippen LogP contribution in [0.3, 0.4) is 0 Å². The van der Waals surface area contributed by atoms with Gasteiger partial charge in [-0.15, -0.1) is 11.3 Å². The van der Waals surface area contributed by atoms with Crippen molar-refractivity contribution in [2.75, 3.05) is 6.54 Å². The van der Waals surface area contributed by atoms with Crippen molar-refractivity contribution in [3.8, 4) is 0 Å². The Balaban J connectivity index is 1.71. The summed E-state index contributed by atoms with van der Waals surface area (Å²) in [6.07, 6.45) is 4.71. The lowest BCUT2D eigenvalue weighted by Crippen LogP contribution is -2.40. The molecule has 2 N–H and O–H groups in total. The summed E-state index contributed by atoms with van der Waals surface area (Å²) >= 11 is 3.03. The molecule has 0 saturated carbocycles. The van der Waals surface area contributed by atoms with Gasteiger partial charge in [-0.2, -0.15) is 11.3 Å². The van der Waals surface area contributed by atoms with E-state index in [1.165, 1.54) is 23.7 Å². The first kappa shape index (κ1) is 15.7. The van der Waals surface area contributed by atoms with Crippen molar-refractivity contribution in [2.24, 2.45) is 0 Å². The van der Waals surface area contributed by atoms with Crippen molar-refractivity contribution in [2.45, 2.75) is 5.60 Å². The van der Waals surface area contributed by atoms with Crippen molar-refractivity contribution in [1.29, 1.82) is 0 Å². The molecule has 23 heavy (non-hydrogen) atoms. The van der Waals surface area contributed by atoms with Crippen molar-refractivity contribution >= 4 is 34.7 Å². The van der Waals surface area contributed by atoms with E-state index in [9.17, 15) is 9.90 Å². The Hall–Kier alpha value is -2.15. The third kappa shape index (κ3) is 3.61. The molecule has 1 amide bonds. The van der Waals surface area contributed by atoms with Crippen LogP contribution in [0.15, 0.2) is 63.2 Å². The average Bonchev–Trinajstić information content (AvgIpc) is 3.33. The van der Waals surface area contributed by atoms with Gasteiger partial charge in [0.2, 0.25) is 5.91 Å². The zero-order valence-electron chi connectivity index (χ0n) is 12.1. The van der Waals surface area contributed by atoms with Gasteiger partial charge in [-0.3, -0.25) is 4.79 Å². The summed E-state index contributed by atoms with van der Waals surface area (Å²) in [5.74, 6) is 0.136. The van der Waals surface area contributed by atoms with Crippen LogP contribution in [0.4, 0.5) is 0 Å². The highest BCUT2D eigenvalue weighted by molar-refractivity contribution is 7.10. The lowest BCUT2D eigenvalue weighted by atomic mass is 9.93. The van der Waals surface area contributed by atoms with Crippen LogP contribution in [-0.2, 0) is 10.4 Å². The molecule has 0 bridgehead atoms. The quantitative estimate of drug-likeness (QED) is 0.673. The van der Waals surface area contributed by atoms with Crippen LogP contribution in [0.1, 0.15) is 16.2 Å². The van der Waals surface area contributed by atoms with E-state index in [2.05, 4.69) is 5.32 Å². The number of carbonyl (C=O) groups is 1. The standard InChI is InChI=1S/C17H15NO3S2/c19-16(6-5-14-3-2-9-23-14)18-12-17(20,13-7-10-22-11-13)15-4-1-8-21-15/h1-11,20H,12H2,(H,18,19). The largest absolute Gasteiger partial charge is 0.466 e. The molecule has 6 heteroatoms. The topological polar surface area (TPSA) is 62.5 Å². The first-order chi connectivity index (χ1) is 11.2. The van der Waals surface area contributed by atoms with Gasteiger partial charge in [0, 0.05) is 16.5 Å². The van der Waals surface area contributed by atoms with Crippen LogP contribution >= 0.6 is 22.7 Å². The van der Waals surface area contributed by atoms with E-state index in [4.69, 9.17) is 4.42 Å². The van der Waals surface area contributed by atoms with E-state index in [1.807, 2.05) is 34.3 Å². The molecule has 0 aliphatic carbocycles. The Morgan fingerprint density at radius 2 is 2.22 bits per heavy atom. The van der Waals surface area contributed by atoms with Crippen LogP contribution in [0.2, 0.25) is 0 Å². The highest BCUT2D eigenvalue weighted by atomic mass is 32.1. The molecule has 0 radical (unpaired) electrons. The number of aliphatic hydroxyl groups is 1. The predicted molar refractivity (Wildman–Crippen MR) is 92.4 cm³/mol. The molecule has 118 valence electrons. The summed E-state index contributed by atoms with van der Waals surface area (Å²) in [5.41, 5.74) is -0.685. The average molecular weight is 345 g/mol. The van der Waals surface area contributed by atoms with Crippen molar-refractivity contribution in [1.82, 2.24) is 5.32 Å². The van der Waals surface area contributed by atoms with Gasteiger partial charge >= 0.3 is 0 Å². The molecular weight excluding hydrogens is 330 g/mol. The van der Waals surface area contributed by atoms with Crippen molar-refractivity contribution < 1.29 is 14.3 Å². The van der Waals surface area contributed by atoms with Crippen LogP contribution in [0.5, 0.6) is 0 Å². The number of nitrogens with one attached hydrogen (secondary N) is 1. The molecule has 0 spiro atoms. The molecule has 3 aromatic rings. The fourth-order valence-corrected chi connectivity index (χ4v) is 3.50. The molecule has 1 unspecified atom stereocenters. The van der Waals surface area contributed by atoms with E-state index < -0.39 is 5.60 Å². The summed E-state index contributed by atoms with van der Waals surface area (Å²) < 4.78 is 5.36. The molecule has 3 heterocycles. The van der Waals surface area contributed by atoms with Crippen molar-refractivity contribution in [3.05, 3.63) is 75.0 Å². The Labute approximate surface area is 141 Å². The molecule has 3 rings (SSSR count). The van der Waals surface area contributed by atoms with Gasteiger partial charge in [0.1, 0.15) is 5.76 Å². The van der Waals surface area contributed by atoms with Crippen LogP contribution in [0.25, 0.3) is 6.08 Å². The third-order valence-electron chi connectivity index (χ3n) is 3.39. The maximum absolute atomic E-state index is 12.0. The van der Waals surface area contributed by atoms with Gasteiger partial charge in [0.25, 0.3) is 0 Å². The molecule has 0 aromatic carbocycles. The van der Waals surface area contributed by atoms with Gasteiger partial charge in [-0.05, 0) is 46.5 Å². The number of hydrogen-bond acceptors (Lipinski definition) is 5. The maximum Gasteiger partial charge on any atom is 0.244 e. The monoisotopic (exact) mass is 345 g/mol. The number of amides is 1. The van der Waals surface area contributed by atoms with Crippen molar-refractivity contribution in [3.63, 3.8) is 0 Å². The molecule has 4 nitrogen and oxygen atoms in total. The predicted octanol–water partition coefficient (Wildman–Crippen LogP) is 3.47. The first-order valence-electron chi connectivity index (χ1n) is 6.97. The third-order valence-corrected chi connectivity index (χ3v) is 4.91. The zero-order valence-corrected chi connectivity index (χ0v) is 13.8. The van der Waals surface area contributed by atoms with Gasteiger partial charge in [-0.25, -0.2) is 0 Å². The fourth-order valence-electron chi connectivity index (χ4n) is 2.16. The van der Waals surface area contributed by atoms with E-state index >= 15 is 0 Å². The number of rotatable bonds is 6. The van der Waals surface area contributed by atoms with E-state index in [0.29, 0.717) is 11.3 Å². The zero-order chi connectivity index (χ0) is 16.1. The summed E-state index contributed by atoms with van der Waals surface area (Å²) in [6.45, 7) is 0.0326. The van der Waals surface area contributed by atoms with Gasteiger partial charge in [0.05, 0.1) is 12.8 Å². The summed E-state index contributed by atoms with van der Waals surface area (Å²) in [4.78, 5) is 13.0. The number of carbonyl (C=O) groups excluding carboxylic acids is 1. The Morgan fingerprint density at radius 1 is 1.30 bits per heavy atom. The normalized spacial score (nSPS) is 14.0. The summed E-state index contributed by atoms with van der Waals surface area (Å²) in [6, 6.07) is 9.09. The van der Waals surface area contributed by atoms with Crippen LogP contribution < -0.4 is 5.32 Å². The Bertz CT molecular complexity index is 725.